The van der Waals surface area contributed by atoms with Gasteiger partial charge in [-0.15, -0.1) is 0 Å². The lowest BCUT2D eigenvalue weighted by Crippen LogP contribution is -2.35. The van der Waals surface area contributed by atoms with Crippen LogP contribution in [0.2, 0.25) is 0 Å². The van der Waals surface area contributed by atoms with Gasteiger partial charge in [0, 0.05) is 5.92 Å². The first-order valence-corrected chi connectivity index (χ1v) is 13.6. The number of alkyl halides is 1. The number of ether oxygens (including phenoxy) is 4. The minimum Gasteiger partial charge on any atom is -0.490 e. The van der Waals surface area contributed by atoms with Crippen molar-refractivity contribution in [2.75, 3.05) is 13.2 Å². The number of hydrogen-bond acceptors (Lipinski definition) is 5. The minimum atomic E-state index is -1.10. The molecule has 0 N–H and O–H groups in total. The van der Waals surface area contributed by atoms with Crippen molar-refractivity contribution in [2.24, 2.45) is 0 Å². The van der Waals surface area contributed by atoms with Gasteiger partial charge in [0.05, 0.1) is 31.5 Å². The zero-order chi connectivity index (χ0) is 26.0. The van der Waals surface area contributed by atoms with Gasteiger partial charge in [0.1, 0.15) is 18.5 Å². The van der Waals surface area contributed by atoms with Crippen molar-refractivity contribution in [1.29, 1.82) is 0 Å². The molecule has 1 unspecified atom stereocenters. The van der Waals surface area contributed by atoms with E-state index in [1.54, 1.807) is 6.92 Å². The Morgan fingerprint density at radius 1 is 0.919 bits per heavy atom. The predicted octanol–water partition coefficient (Wildman–Crippen LogP) is 6.70. The molecule has 2 aromatic carbocycles. The molecule has 2 aliphatic rings. The van der Waals surface area contributed by atoms with Crippen molar-refractivity contribution in [3.8, 4) is 5.75 Å². The topological polar surface area (TPSA) is 54.0 Å². The van der Waals surface area contributed by atoms with Crippen molar-refractivity contribution in [3.05, 3.63) is 77.4 Å². The van der Waals surface area contributed by atoms with E-state index in [1.165, 1.54) is 0 Å². The van der Waals surface area contributed by atoms with Crippen molar-refractivity contribution in [2.45, 2.75) is 89.4 Å². The Bertz CT molecular complexity index is 998. The van der Waals surface area contributed by atoms with Gasteiger partial charge in [0.25, 0.3) is 0 Å². The predicted molar refractivity (Wildman–Crippen MR) is 141 cm³/mol. The van der Waals surface area contributed by atoms with E-state index in [0.29, 0.717) is 19.6 Å². The quantitative estimate of drug-likeness (QED) is 0.249. The van der Waals surface area contributed by atoms with E-state index in [2.05, 4.69) is 13.0 Å². The number of carbonyl (C=O) groups excluding carboxylic acids is 1. The van der Waals surface area contributed by atoms with Gasteiger partial charge in [0.2, 0.25) is 0 Å². The highest BCUT2D eigenvalue weighted by atomic mass is 19.1. The Balaban J connectivity index is 1.30. The van der Waals surface area contributed by atoms with E-state index in [-0.39, 0.29) is 30.7 Å². The van der Waals surface area contributed by atoms with Crippen LogP contribution in [-0.2, 0) is 25.6 Å². The van der Waals surface area contributed by atoms with E-state index in [9.17, 15) is 4.79 Å². The highest BCUT2D eigenvalue weighted by molar-refractivity contribution is 5.70. The molecule has 5 nitrogen and oxygen atoms in total. The number of hydrogen-bond donors (Lipinski definition) is 0. The normalized spacial score (nSPS) is 25.8. The van der Waals surface area contributed by atoms with Crippen LogP contribution in [-0.4, -0.2) is 43.7 Å². The van der Waals surface area contributed by atoms with Crippen LogP contribution in [0.15, 0.2) is 66.2 Å². The number of rotatable bonds is 11. The van der Waals surface area contributed by atoms with Crippen molar-refractivity contribution in [3.63, 3.8) is 0 Å². The molecule has 0 aromatic heterocycles. The zero-order valence-corrected chi connectivity index (χ0v) is 21.9. The van der Waals surface area contributed by atoms with Crippen LogP contribution < -0.4 is 4.74 Å². The van der Waals surface area contributed by atoms with Crippen LogP contribution in [0.4, 0.5) is 4.39 Å². The molecule has 1 fully saturated rings. The Kier molecular flexibility index (Phi) is 10.1. The summed E-state index contributed by atoms with van der Waals surface area (Å²) in [6.45, 7) is 4.66. The highest BCUT2D eigenvalue weighted by Gasteiger charge is 2.36. The summed E-state index contributed by atoms with van der Waals surface area (Å²) in [7, 11) is 0. The number of esters is 1. The fourth-order valence-electron chi connectivity index (χ4n) is 5.29. The molecule has 2 aliphatic carbocycles. The lowest BCUT2D eigenvalue weighted by molar-refractivity contribution is -0.151. The molecule has 37 heavy (non-hydrogen) atoms. The molecule has 3 atom stereocenters. The maximum atomic E-state index is 15.8. The Morgan fingerprint density at radius 3 is 2.30 bits per heavy atom. The van der Waals surface area contributed by atoms with Gasteiger partial charge in [0.15, 0.2) is 0 Å². The first-order chi connectivity index (χ1) is 18.1. The Hall–Kier alpha value is -2.70. The van der Waals surface area contributed by atoms with Gasteiger partial charge in [-0.3, -0.25) is 0 Å². The van der Waals surface area contributed by atoms with Crippen LogP contribution in [0.1, 0.15) is 69.4 Å². The molecule has 4 rings (SSSR count). The first-order valence-electron chi connectivity index (χ1n) is 13.6. The summed E-state index contributed by atoms with van der Waals surface area (Å²) in [5, 5.41) is 0. The Morgan fingerprint density at radius 2 is 1.62 bits per heavy atom. The average Bonchev–Trinajstić information content (AvgIpc) is 2.93. The van der Waals surface area contributed by atoms with Gasteiger partial charge < -0.3 is 18.9 Å². The third-order valence-corrected chi connectivity index (χ3v) is 7.31. The highest BCUT2D eigenvalue weighted by Crippen LogP contribution is 2.40. The second-order valence-electron chi connectivity index (χ2n) is 9.83. The van der Waals surface area contributed by atoms with Gasteiger partial charge in [-0.05, 0) is 68.7 Å². The second kappa shape index (κ2) is 13.7. The molecule has 0 amide bonds. The Labute approximate surface area is 220 Å². The van der Waals surface area contributed by atoms with Gasteiger partial charge in [-0.25, -0.2) is 9.18 Å². The van der Waals surface area contributed by atoms with Crippen molar-refractivity contribution < 1.29 is 28.1 Å². The molecule has 200 valence electrons. The molecule has 0 saturated heterocycles. The summed E-state index contributed by atoms with van der Waals surface area (Å²) in [6.07, 6.45) is 5.63. The van der Waals surface area contributed by atoms with E-state index in [1.807, 2.05) is 54.6 Å². The fourth-order valence-corrected chi connectivity index (χ4v) is 5.29. The summed E-state index contributed by atoms with van der Waals surface area (Å²) in [6, 6.07) is 17.8. The van der Waals surface area contributed by atoms with E-state index < -0.39 is 12.3 Å². The number of halogens is 1. The summed E-state index contributed by atoms with van der Waals surface area (Å²) in [5.41, 5.74) is 3.14. The SMILES string of the molecule is CCOC(=O)COC1CCC(Oc2ccc([C@@H]3C(CC)=CC[C@@H](OCc4ccccc4)C3F)cc2)CC1. The second-order valence-corrected chi connectivity index (χ2v) is 9.83. The molecule has 6 heteroatoms. The molecule has 0 radical (unpaired) electrons. The molecule has 0 bridgehead atoms. The van der Waals surface area contributed by atoms with Crippen LogP contribution >= 0.6 is 0 Å². The lowest BCUT2D eigenvalue weighted by atomic mass is 9.78. The molecule has 0 spiro atoms. The smallest absolute Gasteiger partial charge is 0.332 e. The maximum Gasteiger partial charge on any atom is 0.332 e. The van der Waals surface area contributed by atoms with Crippen LogP contribution in [0.25, 0.3) is 0 Å². The van der Waals surface area contributed by atoms with Crippen molar-refractivity contribution >= 4 is 5.97 Å². The third kappa shape index (κ3) is 7.65. The van der Waals surface area contributed by atoms with Crippen molar-refractivity contribution in [1.82, 2.24) is 0 Å². The number of carbonyl (C=O) groups is 1. The molecular weight excluding hydrogens is 471 g/mol. The largest absolute Gasteiger partial charge is 0.490 e. The van der Waals surface area contributed by atoms with E-state index in [0.717, 1.165) is 54.6 Å². The third-order valence-electron chi connectivity index (χ3n) is 7.31. The van der Waals surface area contributed by atoms with E-state index in [4.69, 9.17) is 18.9 Å². The standard InChI is InChI=1S/C31H39FO5/c1-3-23-12-19-28(36-20-22-8-6-5-7-9-22)31(32)30(23)24-10-13-26(14-11-24)37-27-17-15-25(16-18-27)35-21-29(33)34-4-2/h5-14,25,27-28,30-31H,3-4,15-21H2,1-2H3/t25?,27?,28-,30+,31?/m1/s1. The average molecular weight is 511 g/mol. The molecule has 0 aliphatic heterocycles. The molecular formula is C31H39FO5. The first kappa shape index (κ1) is 27.3. The fraction of sp³-hybridized carbons (Fsp3) is 0.516. The van der Waals surface area contributed by atoms with Gasteiger partial charge in [-0.1, -0.05) is 61.0 Å². The number of allylic oxidation sites excluding steroid dienone is 1. The van der Waals surface area contributed by atoms with Crippen LogP contribution in [0.3, 0.4) is 0 Å². The van der Waals surface area contributed by atoms with Crippen LogP contribution in [0, 0.1) is 0 Å². The molecule has 0 heterocycles. The van der Waals surface area contributed by atoms with Gasteiger partial charge >= 0.3 is 5.97 Å². The maximum absolute atomic E-state index is 15.8. The zero-order valence-electron chi connectivity index (χ0n) is 21.9. The molecule has 2 aromatic rings. The summed E-state index contributed by atoms with van der Waals surface area (Å²) < 4.78 is 38.6. The molecule has 1 saturated carbocycles. The summed E-state index contributed by atoms with van der Waals surface area (Å²) in [5.74, 6) is 0.176. The monoisotopic (exact) mass is 510 g/mol. The minimum absolute atomic E-state index is 0.00850. The summed E-state index contributed by atoms with van der Waals surface area (Å²) in [4.78, 5) is 11.5. The van der Waals surface area contributed by atoms with Gasteiger partial charge in [-0.2, -0.15) is 0 Å². The van der Waals surface area contributed by atoms with E-state index >= 15 is 4.39 Å². The van der Waals surface area contributed by atoms with Crippen LogP contribution in [0.5, 0.6) is 5.75 Å². The lowest BCUT2D eigenvalue weighted by Gasteiger charge is -2.34. The summed E-state index contributed by atoms with van der Waals surface area (Å²) >= 11 is 0. The number of benzene rings is 2.